The van der Waals surface area contributed by atoms with E-state index in [1.807, 2.05) is 0 Å². The molecule has 0 radical (unpaired) electrons. The number of aliphatic hydroxyl groups is 3. The van der Waals surface area contributed by atoms with Gasteiger partial charge in [0, 0.05) is 6.92 Å². The van der Waals surface area contributed by atoms with Crippen LogP contribution in [0.4, 0.5) is 0 Å². The summed E-state index contributed by atoms with van der Waals surface area (Å²) in [5.41, 5.74) is 0. The van der Waals surface area contributed by atoms with E-state index in [0.29, 0.717) is 0 Å². The van der Waals surface area contributed by atoms with Crippen molar-refractivity contribution in [1.82, 2.24) is 0 Å². The molecule has 0 aliphatic rings. The van der Waals surface area contributed by atoms with Crippen molar-refractivity contribution in [3.05, 3.63) is 0 Å². The standard InChI is InChI=1S/C3H8O3.C2H4O2.ClH.Na/c4-1-3(6)2-5;1-2(3)4;;/h3-6H,1-2H2;1H3,(H,3,4);1H;/q;;;+1/p-1. The van der Waals surface area contributed by atoms with E-state index < -0.39 is 12.1 Å². The van der Waals surface area contributed by atoms with Gasteiger partial charge < -0.3 is 32.8 Å². The van der Waals surface area contributed by atoms with Crippen LogP contribution in [0.15, 0.2) is 0 Å². The molecule has 0 aliphatic heterocycles. The SMILES string of the molecule is CC(=O)O.OCC(O)CO.[Cl-].[Na+]. The first kappa shape index (κ1) is 22.9. The zero-order valence-electron chi connectivity index (χ0n) is 7.07. The summed E-state index contributed by atoms with van der Waals surface area (Å²) in [5, 5.41) is 31.4. The monoisotopic (exact) mass is 210 g/mol. The smallest absolute Gasteiger partial charge is 1.00 e. The molecule has 7 heteroatoms. The molecule has 0 aromatic heterocycles. The summed E-state index contributed by atoms with van der Waals surface area (Å²) >= 11 is 0. The number of carboxylic acids is 1. The summed E-state index contributed by atoms with van der Waals surface area (Å²) in [7, 11) is 0. The minimum Gasteiger partial charge on any atom is -1.00 e. The normalized spacial score (nSPS) is 7.08. The number of hydrogen-bond donors (Lipinski definition) is 4. The van der Waals surface area contributed by atoms with Crippen LogP contribution in [0.2, 0.25) is 0 Å². The molecule has 0 saturated heterocycles. The van der Waals surface area contributed by atoms with E-state index in [1.54, 1.807) is 0 Å². The summed E-state index contributed by atoms with van der Waals surface area (Å²) < 4.78 is 0. The van der Waals surface area contributed by atoms with Gasteiger partial charge in [-0.05, 0) is 0 Å². The molecule has 0 saturated carbocycles. The van der Waals surface area contributed by atoms with Crippen LogP contribution in [0.3, 0.4) is 0 Å². The molecular formula is C5H12ClNaO5. The van der Waals surface area contributed by atoms with E-state index in [9.17, 15) is 0 Å². The second-order valence-corrected chi connectivity index (χ2v) is 1.54. The molecule has 12 heavy (non-hydrogen) atoms. The van der Waals surface area contributed by atoms with E-state index in [2.05, 4.69) is 0 Å². The van der Waals surface area contributed by atoms with Gasteiger partial charge in [-0.25, -0.2) is 0 Å². The second kappa shape index (κ2) is 17.7. The molecule has 5 nitrogen and oxygen atoms in total. The number of rotatable bonds is 2. The summed E-state index contributed by atoms with van der Waals surface area (Å²) in [6, 6.07) is 0. The van der Waals surface area contributed by atoms with E-state index in [4.69, 9.17) is 25.2 Å². The first-order valence-corrected chi connectivity index (χ1v) is 2.63. The van der Waals surface area contributed by atoms with Crippen molar-refractivity contribution >= 4 is 5.97 Å². The van der Waals surface area contributed by atoms with Gasteiger partial charge in [0.15, 0.2) is 0 Å². The van der Waals surface area contributed by atoms with Gasteiger partial charge in [0.25, 0.3) is 5.97 Å². The van der Waals surface area contributed by atoms with E-state index in [-0.39, 0.29) is 55.2 Å². The first-order chi connectivity index (χ1) is 4.54. The fraction of sp³-hybridized carbons (Fsp3) is 0.800. The van der Waals surface area contributed by atoms with Crippen LogP contribution in [0.5, 0.6) is 0 Å². The quantitative estimate of drug-likeness (QED) is 0.340. The minimum atomic E-state index is -0.954. The van der Waals surface area contributed by atoms with Crippen molar-refractivity contribution in [1.29, 1.82) is 0 Å². The third kappa shape index (κ3) is 45.9. The largest absolute Gasteiger partial charge is 1.00 e. The molecule has 70 valence electrons. The maximum Gasteiger partial charge on any atom is 1.00 e. The zero-order valence-corrected chi connectivity index (χ0v) is 9.82. The minimum absolute atomic E-state index is 0. The van der Waals surface area contributed by atoms with Crippen molar-refractivity contribution < 1.29 is 67.2 Å². The Labute approximate surface area is 99.1 Å². The van der Waals surface area contributed by atoms with Crippen LogP contribution >= 0.6 is 0 Å². The Morgan fingerprint density at radius 3 is 1.50 bits per heavy atom. The van der Waals surface area contributed by atoms with Gasteiger partial charge in [-0.15, -0.1) is 0 Å². The number of carbonyl (C=O) groups is 1. The average molecular weight is 211 g/mol. The van der Waals surface area contributed by atoms with Crippen molar-refractivity contribution in [2.75, 3.05) is 13.2 Å². The van der Waals surface area contributed by atoms with Crippen LogP contribution < -0.4 is 42.0 Å². The molecule has 4 N–H and O–H groups in total. The third-order valence-corrected chi connectivity index (χ3v) is 0.421. The third-order valence-electron chi connectivity index (χ3n) is 0.421. The predicted octanol–water partition coefficient (Wildman–Crippen LogP) is -7.57. The maximum atomic E-state index is 9.00. The van der Waals surface area contributed by atoms with Gasteiger partial charge in [-0.3, -0.25) is 4.79 Å². The molecule has 0 spiro atoms. The Kier molecular flexibility index (Phi) is 33.7. The predicted molar refractivity (Wildman–Crippen MR) is 33.5 cm³/mol. The maximum absolute atomic E-state index is 9.00. The summed E-state index contributed by atoms with van der Waals surface area (Å²) in [6.07, 6.45) is -0.954. The Morgan fingerprint density at radius 2 is 1.50 bits per heavy atom. The molecule has 0 bridgehead atoms. The summed E-state index contributed by atoms with van der Waals surface area (Å²) in [5.74, 6) is -0.833. The van der Waals surface area contributed by atoms with Crippen molar-refractivity contribution in [3.63, 3.8) is 0 Å². The Balaban J connectivity index is -0.0000000483. The van der Waals surface area contributed by atoms with E-state index >= 15 is 0 Å². The summed E-state index contributed by atoms with van der Waals surface area (Å²) in [6.45, 7) is 0.354. The molecule has 0 aliphatic carbocycles. The fourth-order valence-corrected chi connectivity index (χ4v) is 0.0577. The number of hydrogen-bond acceptors (Lipinski definition) is 4. The fourth-order valence-electron chi connectivity index (χ4n) is 0.0577. The summed E-state index contributed by atoms with van der Waals surface area (Å²) in [4.78, 5) is 9.00. The second-order valence-electron chi connectivity index (χ2n) is 1.54. The molecule has 0 atom stereocenters. The van der Waals surface area contributed by atoms with Gasteiger partial charge in [-0.2, -0.15) is 0 Å². The van der Waals surface area contributed by atoms with Crippen LogP contribution in [-0.4, -0.2) is 45.7 Å². The number of aliphatic hydroxyl groups excluding tert-OH is 3. The molecule has 0 amide bonds. The first-order valence-electron chi connectivity index (χ1n) is 2.63. The molecule has 0 fully saturated rings. The van der Waals surface area contributed by atoms with Gasteiger partial charge in [-0.1, -0.05) is 0 Å². The van der Waals surface area contributed by atoms with Crippen molar-refractivity contribution in [2.45, 2.75) is 13.0 Å². The van der Waals surface area contributed by atoms with E-state index in [0.717, 1.165) is 6.92 Å². The molecule has 0 rings (SSSR count). The molecule has 0 heterocycles. The van der Waals surface area contributed by atoms with Crippen LogP contribution in [0.25, 0.3) is 0 Å². The van der Waals surface area contributed by atoms with Crippen molar-refractivity contribution in [2.24, 2.45) is 0 Å². The van der Waals surface area contributed by atoms with Crippen molar-refractivity contribution in [3.8, 4) is 0 Å². The average Bonchev–Trinajstić information content (AvgIpc) is 1.85. The Hall–Kier alpha value is 0.640. The van der Waals surface area contributed by atoms with Gasteiger partial charge in [0.2, 0.25) is 0 Å². The van der Waals surface area contributed by atoms with Gasteiger partial charge in [0.05, 0.1) is 13.2 Å². The molecular weight excluding hydrogens is 198 g/mol. The number of halogens is 1. The topological polar surface area (TPSA) is 98.0 Å². The zero-order chi connectivity index (χ0) is 8.57. The van der Waals surface area contributed by atoms with Gasteiger partial charge >= 0.3 is 29.6 Å². The van der Waals surface area contributed by atoms with E-state index in [1.165, 1.54) is 0 Å². The molecule has 0 aromatic rings. The van der Waals surface area contributed by atoms with Crippen LogP contribution in [0, 0.1) is 0 Å². The number of carboxylic acid groups (broad SMARTS) is 1. The van der Waals surface area contributed by atoms with Gasteiger partial charge in [0.1, 0.15) is 6.10 Å². The van der Waals surface area contributed by atoms with Crippen LogP contribution in [0.1, 0.15) is 6.92 Å². The van der Waals surface area contributed by atoms with Crippen LogP contribution in [-0.2, 0) is 4.79 Å². The molecule has 0 unspecified atom stereocenters. The molecule has 0 aromatic carbocycles. The Morgan fingerprint density at radius 1 is 1.33 bits per heavy atom. The number of aliphatic carboxylic acids is 1. The Bertz CT molecular complexity index is 83.9.